The molecule has 4 nitrogen and oxygen atoms in total. The Hall–Kier alpha value is -0.920. The highest BCUT2D eigenvalue weighted by Crippen LogP contribution is 2.29. The fraction of sp³-hybridized carbons (Fsp3) is 0.333. The van der Waals surface area contributed by atoms with Crippen LogP contribution >= 0.6 is 23.2 Å². The van der Waals surface area contributed by atoms with E-state index in [0.29, 0.717) is 15.6 Å². The predicted molar refractivity (Wildman–Crippen MR) is 109 cm³/mol. The summed E-state index contributed by atoms with van der Waals surface area (Å²) in [7, 11) is -5.09. The van der Waals surface area contributed by atoms with Crippen molar-refractivity contribution in [1.82, 2.24) is 4.72 Å². The first kappa shape index (κ1) is 21.4. The van der Waals surface area contributed by atoms with Gasteiger partial charge in [-0.05, 0) is 50.6 Å². The van der Waals surface area contributed by atoms with Gasteiger partial charge in [0, 0.05) is 10.0 Å². The fourth-order valence-electron chi connectivity index (χ4n) is 2.22. The first-order chi connectivity index (χ1) is 12.0. The second-order valence-corrected chi connectivity index (χ2v) is 11.7. The number of nitrogens with one attached hydrogen (secondary N) is 1. The topological polar surface area (TPSA) is 63.2 Å². The van der Waals surface area contributed by atoms with Gasteiger partial charge >= 0.3 is 0 Å². The minimum absolute atomic E-state index is 0.207. The maximum Gasteiger partial charge on any atom is 0.180 e. The Balaban J connectivity index is 2.42. The number of hydrogen-bond donors (Lipinski definition) is 1. The van der Waals surface area contributed by atoms with Crippen LogP contribution < -0.4 is 4.72 Å². The molecule has 0 heterocycles. The molecule has 142 valence electrons. The summed E-state index contributed by atoms with van der Waals surface area (Å²) in [6.45, 7) is 5.42. The van der Waals surface area contributed by atoms with Crippen molar-refractivity contribution in [3.8, 4) is 0 Å². The Morgan fingerprint density at radius 2 is 1.69 bits per heavy atom. The zero-order chi connectivity index (χ0) is 19.5. The minimum Gasteiger partial charge on any atom is -0.242 e. The summed E-state index contributed by atoms with van der Waals surface area (Å²) >= 11 is 12.2. The largest absolute Gasteiger partial charge is 0.242 e. The molecule has 0 aliphatic heterocycles. The van der Waals surface area contributed by atoms with Crippen LogP contribution in [0.2, 0.25) is 10.0 Å². The Morgan fingerprint density at radius 3 is 2.23 bits per heavy atom. The second kappa shape index (κ2) is 8.40. The van der Waals surface area contributed by atoms with E-state index >= 15 is 0 Å². The first-order valence-corrected chi connectivity index (χ1v) is 11.5. The van der Waals surface area contributed by atoms with E-state index in [1.165, 1.54) is 12.1 Å². The molecule has 0 radical (unpaired) electrons. The summed E-state index contributed by atoms with van der Waals surface area (Å²) in [4.78, 5) is 0.207. The third-order valence-corrected chi connectivity index (χ3v) is 7.57. The molecule has 0 fully saturated rings. The van der Waals surface area contributed by atoms with Crippen molar-refractivity contribution in [2.24, 2.45) is 0 Å². The molecule has 0 saturated heterocycles. The van der Waals surface area contributed by atoms with Crippen LogP contribution in [0, 0.1) is 0 Å². The number of hydrogen-bond acceptors (Lipinski definition) is 3. The van der Waals surface area contributed by atoms with Crippen LogP contribution in [0.25, 0.3) is 0 Å². The molecule has 0 spiro atoms. The fourth-order valence-corrected chi connectivity index (χ4v) is 5.15. The van der Waals surface area contributed by atoms with Crippen LogP contribution in [0.1, 0.15) is 32.4 Å². The summed E-state index contributed by atoms with van der Waals surface area (Å²) in [5.74, 6) is -0.278. The van der Waals surface area contributed by atoms with Gasteiger partial charge in [-0.25, -0.2) is 17.3 Å². The van der Waals surface area contributed by atoms with Crippen molar-refractivity contribution in [1.29, 1.82) is 0 Å². The molecule has 0 aromatic heterocycles. The van der Waals surface area contributed by atoms with Crippen LogP contribution in [-0.2, 0) is 20.8 Å². The average Bonchev–Trinajstić information content (AvgIpc) is 2.54. The van der Waals surface area contributed by atoms with Gasteiger partial charge in [0.25, 0.3) is 0 Å². The molecule has 26 heavy (non-hydrogen) atoms. The van der Waals surface area contributed by atoms with Gasteiger partial charge in [-0.2, -0.15) is 0 Å². The van der Waals surface area contributed by atoms with Crippen molar-refractivity contribution < 1.29 is 12.6 Å². The van der Waals surface area contributed by atoms with E-state index in [1.54, 1.807) is 36.4 Å². The third kappa shape index (κ3) is 5.54. The second-order valence-electron chi connectivity index (χ2n) is 6.81. The minimum atomic E-state index is -3.61. The molecule has 0 amide bonds. The van der Waals surface area contributed by atoms with Crippen LogP contribution in [0.3, 0.4) is 0 Å². The van der Waals surface area contributed by atoms with Crippen LogP contribution in [0.5, 0.6) is 0 Å². The van der Waals surface area contributed by atoms with E-state index < -0.39 is 31.6 Å². The third-order valence-electron chi connectivity index (χ3n) is 3.63. The van der Waals surface area contributed by atoms with Crippen molar-refractivity contribution >= 4 is 44.0 Å². The van der Waals surface area contributed by atoms with Crippen molar-refractivity contribution in [3.05, 3.63) is 64.1 Å². The van der Waals surface area contributed by atoms with Crippen LogP contribution in [0.15, 0.2) is 53.4 Å². The standard InChI is InChI=1S/C18H21Cl2NO3S2/c1-18(2,3)25(22)21-17(15-10-9-13(19)11-16(15)20)12-26(23,24)14-7-5-4-6-8-14/h4-11,17,21H,12H2,1-3H3/t17-,25-/m0/s1. The van der Waals surface area contributed by atoms with Gasteiger partial charge in [0.05, 0.1) is 32.4 Å². The molecule has 2 aromatic carbocycles. The lowest BCUT2D eigenvalue weighted by molar-refractivity contribution is 0.579. The van der Waals surface area contributed by atoms with Gasteiger partial charge in [0.2, 0.25) is 0 Å². The Bertz CT molecular complexity index is 894. The molecule has 2 atom stereocenters. The van der Waals surface area contributed by atoms with Gasteiger partial charge in [-0.15, -0.1) is 0 Å². The van der Waals surface area contributed by atoms with E-state index in [4.69, 9.17) is 23.2 Å². The summed E-state index contributed by atoms with van der Waals surface area (Å²) in [6, 6.07) is 12.2. The van der Waals surface area contributed by atoms with Crippen LogP contribution in [0.4, 0.5) is 0 Å². The van der Waals surface area contributed by atoms with Crippen molar-refractivity contribution in [2.45, 2.75) is 36.5 Å². The smallest absolute Gasteiger partial charge is 0.180 e. The quantitative estimate of drug-likeness (QED) is 0.725. The molecule has 8 heteroatoms. The van der Waals surface area contributed by atoms with E-state index in [0.717, 1.165) is 0 Å². The molecule has 2 aromatic rings. The van der Waals surface area contributed by atoms with E-state index in [2.05, 4.69) is 4.72 Å². The van der Waals surface area contributed by atoms with Gasteiger partial charge in [-0.3, -0.25) is 0 Å². The summed E-state index contributed by atoms with van der Waals surface area (Å²) < 4.78 is 40.6. The Morgan fingerprint density at radius 1 is 1.08 bits per heavy atom. The molecule has 0 bridgehead atoms. The number of halogens is 2. The molecular formula is C18H21Cl2NO3S2. The lowest BCUT2D eigenvalue weighted by atomic mass is 10.1. The highest BCUT2D eigenvalue weighted by Gasteiger charge is 2.29. The zero-order valence-electron chi connectivity index (χ0n) is 14.7. The van der Waals surface area contributed by atoms with Gasteiger partial charge in [0.15, 0.2) is 9.84 Å². The highest BCUT2D eigenvalue weighted by molar-refractivity contribution is 7.91. The number of rotatable bonds is 6. The Kier molecular flexibility index (Phi) is 6.91. The maximum atomic E-state index is 12.8. The normalized spacial score (nSPS) is 14.8. The maximum absolute atomic E-state index is 12.8. The summed E-state index contributed by atoms with van der Waals surface area (Å²) in [5.41, 5.74) is 0.535. The van der Waals surface area contributed by atoms with E-state index in [1.807, 2.05) is 20.8 Å². The lowest BCUT2D eigenvalue weighted by Gasteiger charge is -2.25. The van der Waals surface area contributed by atoms with E-state index in [9.17, 15) is 12.6 Å². The zero-order valence-corrected chi connectivity index (χ0v) is 17.8. The summed E-state index contributed by atoms with van der Waals surface area (Å²) in [5, 5.41) is 0.768. The van der Waals surface area contributed by atoms with Gasteiger partial charge in [0.1, 0.15) is 0 Å². The van der Waals surface area contributed by atoms with Crippen molar-refractivity contribution in [2.75, 3.05) is 5.75 Å². The lowest BCUT2D eigenvalue weighted by Crippen LogP contribution is -2.38. The molecule has 1 N–H and O–H groups in total. The highest BCUT2D eigenvalue weighted by atomic mass is 35.5. The van der Waals surface area contributed by atoms with Crippen molar-refractivity contribution in [3.63, 3.8) is 0 Å². The SMILES string of the molecule is CC(C)(C)[S@](=O)N[C@@H](CS(=O)(=O)c1ccccc1)c1ccc(Cl)cc1Cl. The first-order valence-electron chi connectivity index (χ1n) is 7.91. The summed E-state index contributed by atoms with van der Waals surface area (Å²) in [6.07, 6.45) is 0. The molecular weight excluding hydrogens is 413 g/mol. The predicted octanol–water partition coefficient (Wildman–Crippen LogP) is 4.56. The number of benzene rings is 2. The molecule has 0 aliphatic carbocycles. The van der Waals surface area contributed by atoms with Crippen LogP contribution in [-0.4, -0.2) is 23.1 Å². The number of sulfone groups is 1. The molecule has 0 saturated carbocycles. The monoisotopic (exact) mass is 433 g/mol. The molecule has 0 aliphatic rings. The molecule has 0 unspecified atom stereocenters. The molecule has 2 rings (SSSR count). The average molecular weight is 434 g/mol. The van der Waals surface area contributed by atoms with Gasteiger partial charge < -0.3 is 0 Å². The van der Waals surface area contributed by atoms with Gasteiger partial charge in [-0.1, -0.05) is 47.5 Å². The Labute approximate surface area is 167 Å². The van der Waals surface area contributed by atoms with E-state index in [-0.39, 0.29) is 10.6 Å².